The molecule has 1 aliphatic rings. The maximum atomic E-state index is 12.2. The van der Waals surface area contributed by atoms with Gasteiger partial charge in [0.25, 0.3) is 5.88 Å². The highest BCUT2D eigenvalue weighted by Gasteiger charge is 2.29. The fourth-order valence-corrected chi connectivity index (χ4v) is 3.92. The van der Waals surface area contributed by atoms with E-state index in [2.05, 4.69) is 15.3 Å². The summed E-state index contributed by atoms with van der Waals surface area (Å²) in [6, 6.07) is 6.68. The van der Waals surface area contributed by atoms with Crippen molar-refractivity contribution in [2.45, 2.75) is 44.1 Å². The van der Waals surface area contributed by atoms with Crippen LogP contribution in [0.15, 0.2) is 35.5 Å². The second kappa shape index (κ2) is 10.8. The lowest BCUT2D eigenvalue weighted by Gasteiger charge is -2.33. The quantitative estimate of drug-likeness (QED) is 0.451. The number of aromatic nitrogens is 2. The molecule has 1 amide bonds. The van der Waals surface area contributed by atoms with Crippen LogP contribution in [0.5, 0.6) is 5.88 Å². The van der Waals surface area contributed by atoms with Gasteiger partial charge in [0.05, 0.1) is 11.5 Å². The van der Waals surface area contributed by atoms with Gasteiger partial charge in [-0.3, -0.25) is 14.3 Å². The van der Waals surface area contributed by atoms with Crippen molar-refractivity contribution < 1.29 is 23.4 Å². The average Bonchev–Trinajstić information content (AvgIpc) is 2.77. The highest BCUT2D eigenvalue weighted by molar-refractivity contribution is 7.84. The molecule has 11 nitrogen and oxygen atoms in total. The minimum Gasteiger partial charge on any atom is -0.472 e. The van der Waals surface area contributed by atoms with E-state index in [9.17, 15) is 19.1 Å². The van der Waals surface area contributed by atoms with Crippen LogP contribution in [-0.4, -0.2) is 61.6 Å². The number of rotatable bonds is 7. The number of hydrogen-bond acceptors (Lipinski definition) is 9. The van der Waals surface area contributed by atoms with Crippen molar-refractivity contribution in [1.82, 2.24) is 14.9 Å². The summed E-state index contributed by atoms with van der Waals surface area (Å²) in [5.74, 6) is -0.00408. The molecular weight excluding hydrogens is 462 g/mol. The van der Waals surface area contributed by atoms with Crippen molar-refractivity contribution in [3.8, 4) is 5.88 Å². The van der Waals surface area contributed by atoms with Crippen LogP contribution in [0.4, 0.5) is 22.0 Å². The lowest BCUT2D eigenvalue weighted by atomic mass is 9.98. The van der Waals surface area contributed by atoms with Crippen LogP contribution in [0, 0.1) is 16.0 Å². The van der Waals surface area contributed by atoms with Gasteiger partial charge in [0, 0.05) is 40.7 Å². The van der Waals surface area contributed by atoms with E-state index in [1.165, 1.54) is 6.33 Å². The highest BCUT2D eigenvalue weighted by Crippen LogP contribution is 2.33. The lowest BCUT2D eigenvalue weighted by molar-refractivity contribution is -0.385. The van der Waals surface area contributed by atoms with Gasteiger partial charge in [0.2, 0.25) is 5.82 Å². The molecule has 0 spiro atoms. The molecule has 1 aromatic carbocycles. The predicted octanol–water partition coefficient (Wildman–Crippen LogP) is 3.89. The number of piperidine rings is 1. The molecule has 184 valence electrons. The molecule has 34 heavy (non-hydrogen) atoms. The monoisotopic (exact) mass is 491 g/mol. The molecule has 1 aliphatic heterocycles. The molecule has 1 saturated heterocycles. The van der Waals surface area contributed by atoms with E-state index in [0.717, 1.165) is 0 Å². The Hall–Kier alpha value is -3.28. The molecule has 12 heteroatoms. The minimum atomic E-state index is -1.12. The first kappa shape index (κ1) is 25.3. The number of carbonyl (C=O) groups is 1. The van der Waals surface area contributed by atoms with Gasteiger partial charge in [-0.25, -0.2) is 9.78 Å². The van der Waals surface area contributed by atoms with Gasteiger partial charge >= 0.3 is 11.8 Å². The topological polar surface area (TPSA) is 137 Å². The molecule has 1 fully saturated rings. The second-order valence-corrected chi connectivity index (χ2v) is 10.3. The first-order chi connectivity index (χ1) is 16.0. The number of hydrogen-bond donors (Lipinski definition) is 1. The van der Waals surface area contributed by atoms with Crippen molar-refractivity contribution in [2.24, 2.45) is 5.92 Å². The Balaban J connectivity index is 1.63. The van der Waals surface area contributed by atoms with Gasteiger partial charge in [-0.2, -0.15) is 4.98 Å². The Morgan fingerprint density at radius 1 is 1.24 bits per heavy atom. The van der Waals surface area contributed by atoms with E-state index in [-0.39, 0.29) is 36.0 Å². The summed E-state index contributed by atoms with van der Waals surface area (Å²) in [7, 11) is -1.12. The number of ether oxygens (including phenoxy) is 2. The van der Waals surface area contributed by atoms with E-state index in [4.69, 9.17) is 9.47 Å². The molecule has 2 aromatic rings. The summed E-state index contributed by atoms with van der Waals surface area (Å²) < 4.78 is 22.7. The third-order valence-electron chi connectivity index (χ3n) is 5.14. The van der Waals surface area contributed by atoms with Crippen LogP contribution in [0.3, 0.4) is 0 Å². The number of likely N-dealkylation sites (tertiary alicyclic amines) is 1. The highest BCUT2D eigenvalue weighted by atomic mass is 32.2. The standard InChI is InChI=1S/C22H29N5O6S/c1-22(2,3)33-21(28)26-11-9-15(10-12-26)13-32-20-18(27(29)30)19(23-14-24-20)25-16-5-7-17(8-6-16)34(4)31/h5-8,14-15H,9-13H2,1-4H3,(H,23,24,25). The number of nitro groups is 1. The van der Waals surface area contributed by atoms with Crippen LogP contribution >= 0.6 is 0 Å². The van der Waals surface area contributed by atoms with Gasteiger partial charge in [-0.15, -0.1) is 0 Å². The van der Waals surface area contributed by atoms with Crippen LogP contribution in [0.25, 0.3) is 0 Å². The largest absolute Gasteiger partial charge is 0.472 e. The smallest absolute Gasteiger partial charge is 0.410 e. The number of anilines is 2. The van der Waals surface area contributed by atoms with E-state index >= 15 is 0 Å². The van der Waals surface area contributed by atoms with Gasteiger partial charge in [-0.1, -0.05) is 0 Å². The molecule has 1 unspecified atom stereocenters. The Kier molecular flexibility index (Phi) is 8.02. The van der Waals surface area contributed by atoms with Crippen molar-refractivity contribution in [2.75, 3.05) is 31.3 Å². The van der Waals surface area contributed by atoms with Gasteiger partial charge < -0.3 is 19.7 Å². The zero-order valence-electron chi connectivity index (χ0n) is 19.6. The summed E-state index contributed by atoms with van der Waals surface area (Å²) in [5, 5.41) is 14.7. The first-order valence-corrected chi connectivity index (χ1v) is 12.4. The van der Waals surface area contributed by atoms with Crippen LogP contribution < -0.4 is 10.1 Å². The lowest BCUT2D eigenvalue weighted by Crippen LogP contribution is -2.42. The molecule has 1 N–H and O–H groups in total. The van der Waals surface area contributed by atoms with E-state index in [1.807, 2.05) is 20.8 Å². The third kappa shape index (κ3) is 6.86. The number of benzene rings is 1. The summed E-state index contributed by atoms with van der Waals surface area (Å²) in [5.41, 5.74) is -0.362. The Morgan fingerprint density at radius 2 is 1.88 bits per heavy atom. The molecule has 0 radical (unpaired) electrons. The summed E-state index contributed by atoms with van der Waals surface area (Å²) in [4.78, 5) is 33.7. The predicted molar refractivity (Wildman–Crippen MR) is 127 cm³/mol. The molecular formula is C22H29N5O6S. The Morgan fingerprint density at radius 3 is 2.44 bits per heavy atom. The van der Waals surface area contributed by atoms with Crippen LogP contribution in [-0.2, 0) is 15.5 Å². The zero-order chi connectivity index (χ0) is 24.9. The van der Waals surface area contributed by atoms with Crippen LogP contribution in [0.2, 0.25) is 0 Å². The molecule has 0 bridgehead atoms. The SMILES string of the molecule is CS(=O)c1ccc(Nc2ncnc(OCC3CCN(C(=O)OC(C)(C)C)CC3)c2[N+](=O)[O-])cc1. The first-order valence-electron chi connectivity index (χ1n) is 10.8. The Bertz CT molecular complexity index is 1050. The maximum absolute atomic E-state index is 12.2. The number of nitrogens with zero attached hydrogens (tertiary/aromatic N) is 4. The molecule has 2 heterocycles. The van der Waals surface area contributed by atoms with Crippen molar-refractivity contribution in [3.63, 3.8) is 0 Å². The normalized spacial score (nSPS) is 15.5. The van der Waals surface area contributed by atoms with E-state index in [1.54, 1.807) is 35.4 Å². The molecule has 1 aromatic heterocycles. The fourth-order valence-electron chi connectivity index (χ4n) is 3.40. The number of nitrogens with one attached hydrogen (secondary N) is 1. The van der Waals surface area contributed by atoms with E-state index < -0.39 is 21.3 Å². The third-order valence-corrected chi connectivity index (χ3v) is 6.08. The van der Waals surface area contributed by atoms with Crippen molar-refractivity contribution in [3.05, 3.63) is 40.7 Å². The molecule has 3 rings (SSSR count). The molecule has 0 aliphatic carbocycles. The number of amides is 1. The fraction of sp³-hybridized carbons (Fsp3) is 0.500. The van der Waals surface area contributed by atoms with Crippen molar-refractivity contribution in [1.29, 1.82) is 0 Å². The van der Waals surface area contributed by atoms with Gasteiger partial charge in [-0.05, 0) is 63.8 Å². The van der Waals surface area contributed by atoms with Crippen molar-refractivity contribution >= 4 is 34.1 Å². The van der Waals surface area contributed by atoms with Gasteiger partial charge in [0.15, 0.2) is 0 Å². The molecule has 1 atom stereocenters. The Labute approximate surface area is 200 Å². The molecule has 0 saturated carbocycles. The summed E-state index contributed by atoms with van der Waals surface area (Å²) >= 11 is 0. The van der Waals surface area contributed by atoms with E-state index in [0.29, 0.717) is 36.5 Å². The summed E-state index contributed by atoms with van der Waals surface area (Å²) in [6.45, 7) is 6.76. The summed E-state index contributed by atoms with van der Waals surface area (Å²) in [6.07, 6.45) is 3.81. The average molecular weight is 492 g/mol. The van der Waals surface area contributed by atoms with Gasteiger partial charge in [0.1, 0.15) is 11.9 Å². The minimum absolute atomic E-state index is 0.000107. The zero-order valence-corrected chi connectivity index (χ0v) is 20.5. The second-order valence-electron chi connectivity index (χ2n) is 8.96. The number of carbonyl (C=O) groups excluding carboxylic acids is 1. The van der Waals surface area contributed by atoms with Crippen LogP contribution in [0.1, 0.15) is 33.6 Å². The maximum Gasteiger partial charge on any atom is 0.410 e.